The highest BCUT2D eigenvalue weighted by Crippen LogP contribution is 2.34. The Morgan fingerprint density at radius 2 is 1.67 bits per heavy atom. The Balaban J connectivity index is 2.42. The van der Waals surface area contributed by atoms with Crippen molar-refractivity contribution >= 4 is 37.1 Å². The second-order valence-corrected chi connectivity index (χ2v) is 7.66. The van der Waals surface area contributed by atoms with Crippen molar-refractivity contribution in [2.75, 3.05) is 0 Å². The molecule has 0 aliphatic heterocycles. The summed E-state index contributed by atoms with van der Waals surface area (Å²) in [5, 5.41) is 1.28. The van der Waals surface area contributed by atoms with Crippen LogP contribution >= 0.6 is 0 Å². The molecule has 6 nitrogen and oxygen atoms in total. The van der Waals surface area contributed by atoms with Crippen LogP contribution in [0.1, 0.15) is 11.1 Å². The number of hydrogen-bond acceptors (Lipinski definition) is 4. The fourth-order valence-corrected chi connectivity index (χ4v) is 3.67. The van der Waals surface area contributed by atoms with E-state index in [1.54, 1.807) is 18.2 Å². The van der Waals surface area contributed by atoms with Crippen molar-refractivity contribution in [3.05, 3.63) is 46.4 Å². The monoisotopic (exact) mass is 326 g/mol. The zero-order valence-electron chi connectivity index (χ0n) is 10.5. The van der Waals surface area contributed by atoms with Gasteiger partial charge >= 0.3 is 0 Å². The van der Waals surface area contributed by atoms with Crippen molar-refractivity contribution in [1.29, 1.82) is 0 Å². The van der Waals surface area contributed by atoms with Crippen molar-refractivity contribution in [1.82, 2.24) is 0 Å². The molecule has 0 bridgehead atoms. The van der Waals surface area contributed by atoms with Gasteiger partial charge < -0.3 is 0 Å². The van der Waals surface area contributed by atoms with Gasteiger partial charge in [0.2, 0.25) is 0 Å². The van der Waals surface area contributed by atoms with E-state index in [0.717, 1.165) is 0 Å². The van der Waals surface area contributed by atoms with Gasteiger partial charge in [-0.15, -0.1) is 0 Å². The smallest absolute Gasteiger partial charge is 0.282 e. The molecule has 0 unspecified atom stereocenters. The number of allylic oxidation sites excluding steroid dienone is 1. The predicted molar refractivity (Wildman–Crippen MR) is 77.0 cm³/mol. The molecule has 1 aliphatic rings. The maximum atomic E-state index is 11.3. The van der Waals surface area contributed by atoms with Crippen molar-refractivity contribution < 1.29 is 25.9 Å². The van der Waals surface area contributed by atoms with Crippen LogP contribution in [0.15, 0.2) is 40.1 Å². The second kappa shape index (κ2) is 4.38. The van der Waals surface area contributed by atoms with Crippen LogP contribution in [0.25, 0.3) is 16.8 Å². The van der Waals surface area contributed by atoms with Gasteiger partial charge in [0.1, 0.15) is 0 Å². The van der Waals surface area contributed by atoms with Crippen molar-refractivity contribution in [3.8, 4) is 0 Å². The lowest BCUT2D eigenvalue weighted by molar-refractivity contribution is 0.483. The largest absolute Gasteiger partial charge is 0.294 e. The summed E-state index contributed by atoms with van der Waals surface area (Å²) in [4.78, 5) is -0.537. The molecule has 0 radical (unpaired) electrons. The Kier molecular flexibility index (Phi) is 2.96. The molecule has 0 fully saturated rings. The summed E-state index contributed by atoms with van der Waals surface area (Å²) in [6, 6.07) is 7.54. The Hall–Kier alpha value is -1.74. The molecule has 2 aromatic rings. The van der Waals surface area contributed by atoms with Crippen LogP contribution in [0.4, 0.5) is 0 Å². The minimum atomic E-state index is -4.41. The predicted octanol–water partition coefficient (Wildman–Crippen LogP) is 1.87. The van der Waals surface area contributed by atoms with E-state index in [1.165, 1.54) is 18.2 Å². The maximum absolute atomic E-state index is 11.3. The Bertz CT molecular complexity index is 1000. The molecular weight excluding hydrogens is 316 g/mol. The van der Waals surface area contributed by atoms with Crippen molar-refractivity contribution in [2.45, 2.75) is 11.3 Å². The summed E-state index contributed by atoms with van der Waals surface area (Å²) in [5.74, 6) is 0. The topological polar surface area (TPSA) is 109 Å². The fourth-order valence-electron chi connectivity index (χ4n) is 2.50. The average molecular weight is 326 g/mol. The van der Waals surface area contributed by atoms with Gasteiger partial charge in [-0.3, -0.25) is 9.11 Å². The zero-order valence-corrected chi connectivity index (χ0v) is 12.1. The van der Waals surface area contributed by atoms with Gasteiger partial charge in [-0.05, 0) is 40.1 Å². The molecule has 21 heavy (non-hydrogen) atoms. The molecule has 2 aromatic carbocycles. The lowest BCUT2D eigenvalue weighted by atomic mass is 9.93. The van der Waals surface area contributed by atoms with E-state index in [9.17, 15) is 21.4 Å². The third kappa shape index (κ3) is 2.46. The van der Waals surface area contributed by atoms with Crippen LogP contribution < -0.4 is 0 Å². The Morgan fingerprint density at radius 1 is 0.952 bits per heavy atom. The zero-order chi connectivity index (χ0) is 15.4. The summed E-state index contributed by atoms with van der Waals surface area (Å²) >= 11 is 0. The summed E-state index contributed by atoms with van der Waals surface area (Å²) < 4.78 is 63.6. The third-order valence-corrected chi connectivity index (χ3v) is 5.13. The van der Waals surface area contributed by atoms with Gasteiger partial charge in [0.25, 0.3) is 20.2 Å². The fraction of sp³-hybridized carbons (Fsp3) is 0.0769. The van der Waals surface area contributed by atoms with Crippen molar-refractivity contribution in [3.63, 3.8) is 0 Å². The quantitative estimate of drug-likeness (QED) is 0.816. The van der Waals surface area contributed by atoms with Gasteiger partial charge in [-0.2, -0.15) is 16.8 Å². The SMILES string of the molecule is O=S(=O)(O)C1=Cc2cc(S(=O)(=O)O)cc3cccc(c23)C1. The van der Waals surface area contributed by atoms with E-state index >= 15 is 0 Å². The molecule has 0 atom stereocenters. The molecule has 0 saturated carbocycles. The molecule has 0 spiro atoms. The highest BCUT2D eigenvalue weighted by molar-refractivity contribution is 7.90. The molecule has 0 amide bonds. The molecule has 0 heterocycles. The second-order valence-electron chi connectivity index (χ2n) is 4.77. The lowest BCUT2D eigenvalue weighted by Crippen LogP contribution is -2.09. The van der Waals surface area contributed by atoms with Crippen LogP contribution in [0.3, 0.4) is 0 Å². The first-order valence-corrected chi connectivity index (χ1v) is 8.75. The summed E-state index contributed by atoms with van der Waals surface area (Å²) in [6.07, 6.45) is 1.26. The first-order chi connectivity index (χ1) is 9.66. The number of rotatable bonds is 2. The van der Waals surface area contributed by atoms with Gasteiger partial charge in [-0.1, -0.05) is 18.2 Å². The molecule has 0 aromatic heterocycles. The van der Waals surface area contributed by atoms with Gasteiger partial charge in [-0.25, -0.2) is 0 Å². The van der Waals surface area contributed by atoms with Crippen molar-refractivity contribution in [2.24, 2.45) is 0 Å². The molecule has 8 heteroatoms. The third-order valence-electron chi connectivity index (χ3n) is 3.38. The molecule has 110 valence electrons. The number of hydrogen-bond donors (Lipinski definition) is 2. The molecule has 2 N–H and O–H groups in total. The average Bonchev–Trinajstić information content (AvgIpc) is 2.36. The molecule has 3 rings (SSSR count). The van der Waals surface area contributed by atoms with E-state index in [-0.39, 0.29) is 16.2 Å². The maximum Gasteiger partial charge on any atom is 0.294 e. The van der Waals surface area contributed by atoms with E-state index < -0.39 is 20.2 Å². The lowest BCUT2D eigenvalue weighted by Gasteiger charge is -2.17. The molecule has 1 aliphatic carbocycles. The standard InChI is InChI=1S/C13H10O6S2/c14-20(15,16)11-4-8-2-1-3-9-5-12(21(17,18)19)7-10(6-11)13(8)9/h1-4,6-7H,5H2,(H,14,15,16)(H,17,18,19). The summed E-state index contributed by atoms with van der Waals surface area (Å²) in [7, 11) is -8.77. The van der Waals surface area contributed by atoms with Gasteiger partial charge in [0.05, 0.1) is 9.80 Å². The van der Waals surface area contributed by atoms with E-state index in [4.69, 9.17) is 4.55 Å². The van der Waals surface area contributed by atoms with Crippen LogP contribution in [0.2, 0.25) is 0 Å². The van der Waals surface area contributed by atoms with Crippen LogP contribution in [-0.2, 0) is 26.7 Å². The Morgan fingerprint density at radius 3 is 2.29 bits per heavy atom. The first-order valence-electron chi connectivity index (χ1n) is 5.87. The highest BCUT2D eigenvalue weighted by Gasteiger charge is 2.23. The molecule has 0 saturated heterocycles. The molecular formula is C13H10O6S2. The summed E-state index contributed by atoms with van der Waals surface area (Å²) in [5.41, 5.74) is 0.995. The van der Waals surface area contributed by atoms with Crippen LogP contribution in [0, 0.1) is 0 Å². The van der Waals surface area contributed by atoms with E-state index in [1.807, 2.05) is 0 Å². The van der Waals surface area contributed by atoms with Gasteiger partial charge in [0.15, 0.2) is 0 Å². The highest BCUT2D eigenvalue weighted by atomic mass is 32.2. The Labute approximate surface area is 121 Å². The van der Waals surface area contributed by atoms with E-state index in [2.05, 4.69) is 0 Å². The van der Waals surface area contributed by atoms with Crippen LogP contribution in [-0.4, -0.2) is 25.9 Å². The van der Waals surface area contributed by atoms with E-state index in [0.29, 0.717) is 21.9 Å². The summed E-state index contributed by atoms with van der Waals surface area (Å²) in [6.45, 7) is 0. The minimum absolute atomic E-state index is 0.0361. The van der Waals surface area contributed by atoms with Gasteiger partial charge in [0, 0.05) is 6.42 Å². The normalized spacial score (nSPS) is 15.0. The first kappa shape index (κ1) is 14.2. The number of benzene rings is 2. The van der Waals surface area contributed by atoms with Crippen LogP contribution in [0.5, 0.6) is 0 Å². The minimum Gasteiger partial charge on any atom is -0.282 e.